The van der Waals surface area contributed by atoms with Gasteiger partial charge in [0.15, 0.2) is 11.0 Å². The van der Waals surface area contributed by atoms with Gasteiger partial charge >= 0.3 is 0 Å². The van der Waals surface area contributed by atoms with Gasteiger partial charge in [0, 0.05) is 12.8 Å². The smallest absolute Gasteiger partial charge is 0.191 e. The highest BCUT2D eigenvalue weighted by Gasteiger charge is 2.11. The van der Waals surface area contributed by atoms with E-state index in [1.54, 1.807) is 35.2 Å². The molecule has 4 nitrogen and oxygen atoms in total. The number of ether oxygens (including phenoxy) is 1. The first-order valence-corrected chi connectivity index (χ1v) is 8.55. The van der Waals surface area contributed by atoms with Gasteiger partial charge in [-0.1, -0.05) is 17.8 Å². The molecular weight excluding hydrogens is 321 g/mol. The molecule has 0 unspecified atom stereocenters. The van der Waals surface area contributed by atoms with E-state index in [1.165, 1.54) is 12.1 Å². The fourth-order valence-electron chi connectivity index (χ4n) is 1.88. The maximum absolute atomic E-state index is 12.8. The summed E-state index contributed by atoms with van der Waals surface area (Å²) in [5, 5.41) is 11.3. The number of thiophene rings is 1. The van der Waals surface area contributed by atoms with Gasteiger partial charge in [-0.15, -0.1) is 21.5 Å². The zero-order chi connectivity index (χ0) is 15.4. The number of aromatic nitrogens is 3. The Kier molecular flexibility index (Phi) is 4.74. The summed E-state index contributed by atoms with van der Waals surface area (Å²) in [4.78, 5) is 1.10. The van der Waals surface area contributed by atoms with Crippen LogP contribution < -0.4 is 4.74 Å². The van der Waals surface area contributed by atoms with Crippen LogP contribution in [0.1, 0.15) is 0 Å². The molecule has 1 aromatic carbocycles. The Hall–Kier alpha value is -1.86. The van der Waals surface area contributed by atoms with E-state index < -0.39 is 0 Å². The van der Waals surface area contributed by atoms with E-state index in [9.17, 15) is 4.39 Å². The van der Waals surface area contributed by atoms with Gasteiger partial charge < -0.3 is 9.30 Å². The Morgan fingerprint density at radius 2 is 2.05 bits per heavy atom. The molecule has 7 heteroatoms. The van der Waals surface area contributed by atoms with Crippen molar-refractivity contribution in [1.82, 2.24) is 14.8 Å². The summed E-state index contributed by atoms with van der Waals surface area (Å²) >= 11 is 3.22. The predicted molar refractivity (Wildman–Crippen MR) is 86.9 cm³/mol. The number of halogens is 1. The van der Waals surface area contributed by atoms with Gasteiger partial charge in [-0.2, -0.15) is 0 Å². The highest BCUT2D eigenvalue weighted by Crippen LogP contribution is 2.25. The molecule has 0 aliphatic heterocycles. The quantitative estimate of drug-likeness (QED) is 0.507. The molecular formula is C15H14FN3OS2. The fourth-order valence-corrected chi connectivity index (χ4v) is 3.36. The molecule has 2 heterocycles. The van der Waals surface area contributed by atoms with Crippen molar-refractivity contribution in [2.24, 2.45) is 7.05 Å². The highest BCUT2D eigenvalue weighted by atomic mass is 32.2. The molecule has 3 aromatic rings. The molecule has 0 spiro atoms. The van der Waals surface area contributed by atoms with Crippen LogP contribution in [0.4, 0.5) is 4.39 Å². The van der Waals surface area contributed by atoms with Crippen LogP contribution >= 0.6 is 23.1 Å². The van der Waals surface area contributed by atoms with Gasteiger partial charge in [0.05, 0.1) is 11.5 Å². The van der Waals surface area contributed by atoms with Gasteiger partial charge in [-0.05, 0) is 35.7 Å². The molecule has 0 saturated heterocycles. The molecule has 0 fully saturated rings. The maximum atomic E-state index is 12.8. The summed E-state index contributed by atoms with van der Waals surface area (Å²) in [6, 6.07) is 10.0. The standard InChI is InChI=1S/C15H14FN3OS2/c1-19-14(13-3-2-9-21-13)17-18-15(19)22-10-8-20-12-6-4-11(16)5-7-12/h2-7,9H,8,10H2,1H3. The van der Waals surface area contributed by atoms with Crippen LogP contribution in [0.2, 0.25) is 0 Å². The van der Waals surface area contributed by atoms with Gasteiger partial charge in [0.25, 0.3) is 0 Å². The van der Waals surface area contributed by atoms with Gasteiger partial charge in [-0.3, -0.25) is 0 Å². The first-order chi connectivity index (χ1) is 10.7. The second-order valence-electron chi connectivity index (χ2n) is 4.49. The average Bonchev–Trinajstić information content (AvgIpc) is 3.16. The monoisotopic (exact) mass is 335 g/mol. The van der Waals surface area contributed by atoms with E-state index in [2.05, 4.69) is 10.2 Å². The molecule has 0 amide bonds. The summed E-state index contributed by atoms with van der Waals surface area (Å²) in [5.74, 6) is 2.02. The third-order valence-electron chi connectivity index (χ3n) is 2.97. The maximum Gasteiger partial charge on any atom is 0.191 e. The van der Waals surface area contributed by atoms with Crippen molar-refractivity contribution in [2.45, 2.75) is 5.16 Å². The van der Waals surface area contributed by atoms with Crippen molar-refractivity contribution in [2.75, 3.05) is 12.4 Å². The van der Waals surface area contributed by atoms with E-state index >= 15 is 0 Å². The molecule has 0 atom stereocenters. The first kappa shape index (κ1) is 15.1. The van der Waals surface area contributed by atoms with E-state index in [0.717, 1.165) is 21.6 Å². The first-order valence-electron chi connectivity index (χ1n) is 6.68. The van der Waals surface area contributed by atoms with E-state index in [4.69, 9.17) is 4.74 Å². The third-order valence-corrected chi connectivity index (χ3v) is 4.82. The molecule has 114 valence electrons. The van der Waals surface area contributed by atoms with Crippen LogP contribution in [0.5, 0.6) is 5.75 Å². The summed E-state index contributed by atoms with van der Waals surface area (Å²) in [5.41, 5.74) is 0. The lowest BCUT2D eigenvalue weighted by Crippen LogP contribution is -2.02. The normalized spacial score (nSPS) is 10.8. The summed E-state index contributed by atoms with van der Waals surface area (Å²) < 4.78 is 20.3. The summed E-state index contributed by atoms with van der Waals surface area (Å²) in [7, 11) is 1.96. The lowest BCUT2D eigenvalue weighted by atomic mass is 10.3. The molecule has 0 aliphatic rings. The molecule has 0 N–H and O–H groups in total. The zero-order valence-electron chi connectivity index (χ0n) is 11.9. The summed E-state index contributed by atoms with van der Waals surface area (Å²) in [6.07, 6.45) is 0. The molecule has 0 aliphatic carbocycles. The van der Waals surface area contributed by atoms with Crippen molar-refractivity contribution in [3.63, 3.8) is 0 Å². The number of rotatable bonds is 6. The van der Waals surface area contributed by atoms with Crippen molar-refractivity contribution >= 4 is 23.1 Å². The van der Waals surface area contributed by atoms with Crippen LogP contribution in [-0.4, -0.2) is 27.1 Å². The minimum atomic E-state index is -0.262. The molecule has 22 heavy (non-hydrogen) atoms. The van der Waals surface area contributed by atoms with Gasteiger partial charge in [-0.25, -0.2) is 4.39 Å². The largest absolute Gasteiger partial charge is 0.493 e. The second kappa shape index (κ2) is 6.93. The van der Waals surface area contributed by atoms with Crippen LogP contribution in [-0.2, 0) is 7.05 Å². The van der Waals surface area contributed by atoms with Crippen molar-refractivity contribution in [3.05, 3.63) is 47.6 Å². The number of thioether (sulfide) groups is 1. The minimum absolute atomic E-state index is 0.262. The molecule has 0 saturated carbocycles. The fraction of sp³-hybridized carbons (Fsp3) is 0.200. The van der Waals surface area contributed by atoms with Gasteiger partial charge in [0.2, 0.25) is 0 Å². The van der Waals surface area contributed by atoms with Crippen molar-refractivity contribution < 1.29 is 9.13 Å². The Balaban J connectivity index is 1.53. The Morgan fingerprint density at radius 1 is 1.23 bits per heavy atom. The van der Waals surface area contributed by atoms with Crippen molar-refractivity contribution in [1.29, 1.82) is 0 Å². The van der Waals surface area contributed by atoms with Gasteiger partial charge in [0.1, 0.15) is 11.6 Å². The van der Waals surface area contributed by atoms with E-state index in [0.29, 0.717) is 12.4 Å². The number of benzene rings is 1. The predicted octanol–water partition coefficient (Wildman–Crippen LogP) is 3.85. The number of hydrogen-bond acceptors (Lipinski definition) is 5. The molecule has 2 aromatic heterocycles. The third kappa shape index (κ3) is 3.48. The van der Waals surface area contributed by atoms with E-state index in [-0.39, 0.29) is 5.82 Å². The Labute approximate surface area is 136 Å². The molecule has 0 bridgehead atoms. The minimum Gasteiger partial charge on any atom is -0.493 e. The number of nitrogens with zero attached hydrogens (tertiary/aromatic N) is 3. The highest BCUT2D eigenvalue weighted by molar-refractivity contribution is 7.99. The SMILES string of the molecule is Cn1c(SCCOc2ccc(F)cc2)nnc1-c1cccs1. The average molecular weight is 335 g/mol. The van der Waals surface area contributed by atoms with E-state index in [1.807, 2.05) is 29.1 Å². The Morgan fingerprint density at radius 3 is 2.77 bits per heavy atom. The topological polar surface area (TPSA) is 39.9 Å². The lowest BCUT2D eigenvalue weighted by Gasteiger charge is -2.06. The molecule has 3 rings (SSSR count). The van der Waals surface area contributed by atoms with Crippen molar-refractivity contribution in [3.8, 4) is 16.5 Å². The summed E-state index contributed by atoms with van der Waals surface area (Å²) in [6.45, 7) is 0.525. The van der Waals surface area contributed by atoms with Crippen LogP contribution in [0.25, 0.3) is 10.7 Å². The Bertz CT molecular complexity index is 726. The molecule has 0 radical (unpaired) electrons. The van der Waals surface area contributed by atoms with Crippen LogP contribution in [0.3, 0.4) is 0 Å². The van der Waals surface area contributed by atoms with Crippen LogP contribution in [0.15, 0.2) is 46.9 Å². The zero-order valence-corrected chi connectivity index (χ0v) is 13.5. The second-order valence-corrected chi connectivity index (χ2v) is 6.50. The lowest BCUT2D eigenvalue weighted by molar-refractivity contribution is 0.343. The van der Waals surface area contributed by atoms with Crippen LogP contribution in [0, 0.1) is 5.82 Å². The number of hydrogen-bond donors (Lipinski definition) is 0.